The Labute approximate surface area is 113 Å². The number of benzene rings is 1. The molecule has 1 rings (SSSR count). The number of carbonyl (C=O) groups excluding carboxylic acids is 2. The average Bonchev–Trinajstić information content (AvgIpc) is 2.36. The van der Waals surface area contributed by atoms with E-state index in [4.69, 9.17) is 5.73 Å². The Balaban J connectivity index is 2.47. The van der Waals surface area contributed by atoms with Crippen molar-refractivity contribution in [1.29, 1.82) is 0 Å². The second-order valence-electron chi connectivity index (χ2n) is 3.58. The van der Waals surface area contributed by atoms with E-state index in [-0.39, 0.29) is 18.1 Å². The summed E-state index contributed by atoms with van der Waals surface area (Å²) in [5.41, 5.74) is 5.47. The van der Waals surface area contributed by atoms with Crippen LogP contribution in [0.25, 0.3) is 0 Å². The Morgan fingerprint density at radius 1 is 1.16 bits per heavy atom. The van der Waals surface area contributed by atoms with E-state index in [2.05, 4.69) is 22.9 Å². The highest BCUT2D eigenvalue weighted by molar-refractivity contribution is 7.80. The highest BCUT2D eigenvalue weighted by Gasteiger charge is 2.13. The minimum atomic E-state index is -1.02. The highest BCUT2D eigenvalue weighted by Crippen LogP contribution is 2.08. The van der Waals surface area contributed by atoms with E-state index >= 15 is 0 Å². The van der Waals surface area contributed by atoms with Crippen molar-refractivity contribution in [1.82, 2.24) is 10.6 Å². The van der Waals surface area contributed by atoms with Crippen LogP contribution < -0.4 is 16.4 Å². The molecular weight excluding hydrogens is 276 g/mol. The van der Waals surface area contributed by atoms with Gasteiger partial charge >= 0.3 is 11.8 Å². The first-order chi connectivity index (χ1) is 8.90. The van der Waals surface area contributed by atoms with Crippen LogP contribution in [0.15, 0.2) is 18.2 Å². The van der Waals surface area contributed by atoms with Gasteiger partial charge in [0.15, 0.2) is 11.6 Å². The van der Waals surface area contributed by atoms with Crippen molar-refractivity contribution >= 4 is 29.0 Å². The second kappa shape index (κ2) is 6.74. The van der Waals surface area contributed by atoms with E-state index < -0.39 is 23.4 Å². The fourth-order valence-corrected chi connectivity index (χ4v) is 1.23. The van der Waals surface area contributed by atoms with E-state index in [0.717, 1.165) is 12.1 Å². The van der Waals surface area contributed by atoms with Crippen molar-refractivity contribution in [2.75, 3.05) is 6.54 Å². The van der Waals surface area contributed by atoms with Crippen molar-refractivity contribution in [3.8, 4) is 0 Å². The molecule has 4 N–H and O–H groups in total. The maximum absolute atomic E-state index is 12.9. The van der Waals surface area contributed by atoms with Crippen LogP contribution in [-0.4, -0.2) is 23.3 Å². The first-order valence-electron chi connectivity index (χ1n) is 5.18. The lowest BCUT2D eigenvalue weighted by molar-refractivity contribution is -0.139. The van der Waals surface area contributed by atoms with Gasteiger partial charge in [-0.3, -0.25) is 9.59 Å². The van der Waals surface area contributed by atoms with Gasteiger partial charge < -0.3 is 16.4 Å². The molecule has 5 nitrogen and oxygen atoms in total. The number of rotatable bonds is 4. The van der Waals surface area contributed by atoms with Crippen LogP contribution in [0.4, 0.5) is 8.78 Å². The third-order valence-corrected chi connectivity index (χ3v) is 2.21. The zero-order valence-corrected chi connectivity index (χ0v) is 10.5. The predicted molar refractivity (Wildman–Crippen MR) is 68.0 cm³/mol. The number of hydrogen-bond acceptors (Lipinski definition) is 3. The van der Waals surface area contributed by atoms with Gasteiger partial charge in [0.1, 0.15) is 0 Å². The summed E-state index contributed by atoms with van der Waals surface area (Å²) in [5.74, 6) is -3.83. The van der Waals surface area contributed by atoms with Crippen molar-refractivity contribution in [3.05, 3.63) is 35.4 Å². The number of nitrogens with one attached hydrogen (secondary N) is 2. The van der Waals surface area contributed by atoms with Crippen LogP contribution in [0.1, 0.15) is 5.56 Å². The molecule has 0 aliphatic heterocycles. The van der Waals surface area contributed by atoms with Gasteiger partial charge in [-0.25, -0.2) is 8.78 Å². The lowest BCUT2D eigenvalue weighted by Crippen LogP contribution is -2.42. The Kier molecular flexibility index (Phi) is 5.31. The van der Waals surface area contributed by atoms with Crippen LogP contribution in [0.2, 0.25) is 0 Å². The molecule has 0 aromatic heterocycles. The molecule has 0 bridgehead atoms. The van der Waals surface area contributed by atoms with Crippen molar-refractivity contribution < 1.29 is 18.4 Å². The number of carbonyl (C=O) groups is 2. The molecule has 0 heterocycles. The largest absolute Gasteiger partial charge is 0.392 e. The summed E-state index contributed by atoms with van der Waals surface area (Å²) < 4.78 is 25.5. The predicted octanol–water partition coefficient (Wildman–Crippen LogP) is -0.0167. The molecular formula is C11H11F2N3O2S. The average molecular weight is 287 g/mol. The molecule has 0 atom stereocenters. The summed E-state index contributed by atoms with van der Waals surface area (Å²) in [6.07, 6.45) is 0. The molecule has 0 saturated heterocycles. The molecule has 102 valence electrons. The van der Waals surface area contributed by atoms with E-state index in [0.29, 0.717) is 5.56 Å². The van der Waals surface area contributed by atoms with E-state index in [9.17, 15) is 18.4 Å². The summed E-state index contributed by atoms with van der Waals surface area (Å²) in [4.78, 5) is 22.6. The van der Waals surface area contributed by atoms with E-state index in [1.54, 1.807) is 0 Å². The molecule has 0 aliphatic rings. The molecule has 0 unspecified atom stereocenters. The van der Waals surface area contributed by atoms with Crippen molar-refractivity contribution in [2.45, 2.75) is 6.54 Å². The molecule has 8 heteroatoms. The van der Waals surface area contributed by atoms with Gasteiger partial charge in [-0.05, 0) is 17.7 Å². The van der Waals surface area contributed by atoms with Crippen LogP contribution in [0, 0.1) is 11.6 Å². The third-order valence-electron chi connectivity index (χ3n) is 2.07. The highest BCUT2D eigenvalue weighted by atomic mass is 32.1. The van der Waals surface area contributed by atoms with Gasteiger partial charge in [-0.15, -0.1) is 0 Å². The maximum atomic E-state index is 12.9. The van der Waals surface area contributed by atoms with Crippen LogP contribution in [-0.2, 0) is 16.1 Å². The van der Waals surface area contributed by atoms with Crippen LogP contribution in [0.5, 0.6) is 0 Å². The topological polar surface area (TPSA) is 84.2 Å². The summed E-state index contributed by atoms with van der Waals surface area (Å²) in [6.45, 7) is -0.191. The van der Waals surface area contributed by atoms with Crippen molar-refractivity contribution in [3.63, 3.8) is 0 Å². The fraction of sp³-hybridized carbons (Fsp3) is 0.182. The van der Waals surface area contributed by atoms with Gasteiger partial charge in [-0.2, -0.15) is 0 Å². The Hall–Kier alpha value is -2.09. The lowest BCUT2D eigenvalue weighted by atomic mass is 10.2. The Bertz CT molecular complexity index is 523. The van der Waals surface area contributed by atoms with Crippen LogP contribution >= 0.6 is 12.2 Å². The van der Waals surface area contributed by atoms with Crippen LogP contribution in [0.3, 0.4) is 0 Å². The minimum absolute atomic E-state index is 0.0433. The number of thiocarbonyl (C=S) groups is 1. The molecule has 0 aliphatic carbocycles. The molecule has 19 heavy (non-hydrogen) atoms. The summed E-state index contributed by atoms with van der Waals surface area (Å²) >= 11 is 4.52. The molecule has 0 radical (unpaired) electrons. The van der Waals surface area contributed by atoms with Gasteiger partial charge in [-0.1, -0.05) is 18.3 Å². The first kappa shape index (κ1) is 15.0. The quantitative estimate of drug-likeness (QED) is 0.537. The number of nitrogens with two attached hydrogens (primary N) is 1. The zero-order chi connectivity index (χ0) is 14.4. The maximum Gasteiger partial charge on any atom is 0.309 e. The number of amides is 2. The normalized spacial score (nSPS) is 9.79. The third kappa shape index (κ3) is 4.96. The molecule has 0 spiro atoms. The van der Waals surface area contributed by atoms with Gasteiger partial charge in [0, 0.05) is 6.54 Å². The van der Waals surface area contributed by atoms with Gasteiger partial charge in [0.2, 0.25) is 0 Å². The minimum Gasteiger partial charge on any atom is -0.392 e. The molecule has 2 amide bonds. The first-order valence-corrected chi connectivity index (χ1v) is 5.59. The van der Waals surface area contributed by atoms with E-state index in [1.807, 2.05) is 0 Å². The Morgan fingerprint density at radius 3 is 2.37 bits per heavy atom. The Morgan fingerprint density at radius 2 is 1.79 bits per heavy atom. The summed E-state index contributed by atoms with van der Waals surface area (Å²) in [6, 6.07) is 3.16. The standard InChI is InChI=1S/C11H11F2N3O2S/c12-7-2-1-6(3-8(7)13)4-15-10(17)11(18)16-5-9(14)19/h1-3H,4-5H2,(H2,14,19)(H,15,17)(H,16,18). The fourth-order valence-electron chi connectivity index (χ4n) is 1.16. The van der Waals surface area contributed by atoms with Crippen molar-refractivity contribution in [2.24, 2.45) is 5.73 Å². The van der Waals surface area contributed by atoms with E-state index in [1.165, 1.54) is 6.07 Å². The molecule has 1 aromatic carbocycles. The summed E-state index contributed by atoms with van der Waals surface area (Å²) in [5, 5.41) is 4.43. The zero-order valence-electron chi connectivity index (χ0n) is 9.70. The van der Waals surface area contributed by atoms with Gasteiger partial charge in [0.25, 0.3) is 0 Å². The SMILES string of the molecule is NC(=S)CNC(=O)C(=O)NCc1ccc(F)c(F)c1. The number of hydrogen-bond donors (Lipinski definition) is 3. The number of halogens is 2. The lowest BCUT2D eigenvalue weighted by Gasteiger charge is -2.06. The smallest absolute Gasteiger partial charge is 0.309 e. The summed E-state index contributed by atoms with van der Waals surface area (Å²) in [7, 11) is 0. The molecule has 0 saturated carbocycles. The monoisotopic (exact) mass is 287 g/mol. The second-order valence-corrected chi connectivity index (χ2v) is 4.10. The molecule has 1 aromatic rings. The molecule has 0 fully saturated rings. The van der Waals surface area contributed by atoms with Gasteiger partial charge in [0.05, 0.1) is 11.5 Å².